The maximum atomic E-state index is 12.7. The molecule has 2 heterocycles. The van der Waals surface area contributed by atoms with Gasteiger partial charge in [0, 0.05) is 44.0 Å². The molecule has 0 aromatic heterocycles. The SMILES string of the molecule is CC(C(=O)c1ccc2c(c1)CCCN2)N1CCN(C=O)CC1. The molecule has 1 atom stereocenters. The highest BCUT2D eigenvalue weighted by Gasteiger charge is 2.26. The average Bonchev–Trinajstić information content (AvgIpc) is 2.60. The zero-order chi connectivity index (χ0) is 15.5. The molecule has 22 heavy (non-hydrogen) atoms. The molecule has 0 spiro atoms. The fourth-order valence-corrected chi connectivity index (χ4v) is 3.27. The number of Topliss-reactive ketones (excluding diaryl/α,β-unsaturated/α-hetero) is 1. The summed E-state index contributed by atoms with van der Waals surface area (Å²) in [5.41, 5.74) is 3.21. The first-order valence-corrected chi connectivity index (χ1v) is 8.03. The summed E-state index contributed by atoms with van der Waals surface area (Å²) in [5.74, 6) is 0.174. The Morgan fingerprint density at radius 1 is 1.27 bits per heavy atom. The number of ketones is 1. The van der Waals surface area contributed by atoms with Crippen LogP contribution in [0.1, 0.15) is 29.3 Å². The fraction of sp³-hybridized carbons (Fsp3) is 0.529. The number of amides is 1. The summed E-state index contributed by atoms with van der Waals surface area (Å²) in [7, 11) is 0. The molecule has 5 heteroatoms. The molecule has 0 bridgehead atoms. The van der Waals surface area contributed by atoms with Crippen molar-refractivity contribution < 1.29 is 9.59 Å². The first kappa shape index (κ1) is 15.0. The number of nitrogens with zero attached hydrogens (tertiary/aromatic N) is 2. The minimum atomic E-state index is -0.136. The standard InChI is InChI=1S/C17H23N3O2/c1-13(20-9-7-19(12-21)8-10-20)17(22)15-4-5-16-14(11-15)3-2-6-18-16/h4-5,11-13,18H,2-3,6-10H2,1H3. The van der Waals surface area contributed by atoms with E-state index in [1.54, 1.807) is 4.90 Å². The number of rotatable bonds is 4. The van der Waals surface area contributed by atoms with E-state index in [-0.39, 0.29) is 11.8 Å². The van der Waals surface area contributed by atoms with E-state index in [1.807, 2.05) is 25.1 Å². The predicted octanol–water partition coefficient (Wildman–Crippen LogP) is 1.39. The summed E-state index contributed by atoms with van der Waals surface area (Å²) in [5, 5.41) is 3.37. The molecule has 1 fully saturated rings. The number of carbonyl (C=O) groups is 2. The molecule has 1 aromatic rings. The molecule has 5 nitrogen and oxygen atoms in total. The van der Waals surface area contributed by atoms with Crippen LogP contribution in [0.3, 0.4) is 0 Å². The zero-order valence-electron chi connectivity index (χ0n) is 13.0. The van der Waals surface area contributed by atoms with Crippen molar-refractivity contribution >= 4 is 17.9 Å². The summed E-state index contributed by atoms with van der Waals surface area (Å²) in [6.45, 7) is 5.91. The zero-order valence-corrected chi connectivity index (χ0v) is 13.0. The molecule has 118 valence electrons. The van der Waals surface area contributed by atoms with Crippen molar-refractivity contribution in [3.63, 3.8) is 0 Å². The maximum Gasteiger partial charge on any atom is 0.209 e. The number of hydrogen-bond acceptors (Lipinski definition) is 4. The first-order valence-electron chi connectivity index (χ1n) is 8.03. The van der Waals surface area contributed by atoms with Crippen LogP contribution in [0.4, 0.5) is 5.69 Å². The van der Waals surface area contributed by atoms with Crippen LogP contribution in [-0.2, 0) is 11.2 Å². The molecule has 1 unspecified atom stereocenters. The van der Waals surface area contributed by atoms with Gasteiger partial charge in [-0.05, 0) is 43.5 Å². The third kappa shape index (κ3) is 2.99. The largest absolute Gasteiger partial charge is 0.385 e. The lowest BCUT2D eigenvalue weighted by molar-refractivity contribution is -0.119. The van der Waals surface area contributed by atoms with Gasteiger partial charge in [0.2, 0.25) is 6.41 Å². The van der Waals surface area contributed by atoms with Crippen molar-refractivity contribution in [3.05, 3.63) is 29.3 Å². The Balaban J connectivity index is 1.69. The Hall–Kier alpha value is -1.88. The molecular formula is C17H23N3O2. The normalized spacial score (nSPS) is 20.0. The molecule has 1 saturated heterocycles. The maximum absolute atomic E-state index is 12.7. The second-order valence-corrected chi connectivity index (χ2v) is 6.12. The van der Waals surface area contributed by atoms with Gasteiger partial charge in [-0.2, -0.15) is 0 Å². The van der Waals surface area contributed by atoms with Gasteiger partial charge in [-0.1, -0.05) is 0 Å². The van der Waals surface area contributed by atoms with Gasteiger partial charge in [0.25, 0.3) is 0 Å². The van der Waals surface area contributed by atoms with Gasteiger partial charge in [0.15, 0.2) is 5.78 Å². The van der Waals surface area contributed by atoms with E-state index in [0.29, 0.717) is 13.1 Å². The summed E-state index contributed by atoms with van der Waals surface area (Å²) >= 11 is 0. The number of nitrogens with one attached hydrogen (secondary N) is 1. The summed E-state index contributed by atoms with van der Waals surface area (Å²) in [4.78, 5) is 27.4. The molecule has 0 radical (unpaired) electrons. The molecule has 1 N–H and O–H groups in total. The van der Waals surface area contributed by atoms with Crippen molar-refractivity contribution in [3.8, 4) is 0 Å². The van der Waals surface area contributed by atoms with Crippen LogP contribution in [-0.4, -0.2) is 60.8 Å². The van der Waals surface area contributed by atoms with Crippen molar-refractivity contribution in [1.82, 2.24) is 9.80 Å². The summed E-state index contributed by atoms with van der Waals surface area (Å²) < 4.78 is 0. The lowest BCUT2D eigenvalue weighted by Gasteiger charge is -2.35. The molecule has 3 rings (SSSR count). The van der Waals surface area contributed by atoms with Crippen molar-refractivity contribution in [1.29, 1.82) is 0 Å². The van der Waals surface area contributed by atoms with E-state index in [2.05, 4.69) is 10.2 Å². The van der Waals surface area contributed by atoms with Crippen LogP contribution in [0.15, 0.2) is 18.2 Å². The van der Waals surface area contributed by atoms with Crippen molar-refractivity contribution in [2.45, 2.75) is 25.8 Å². The van der Waals surface area contributed by atoms with E-state index in [1.165, 1.54) is 5.56 Å². The fourth-order valence-electron chi connectivity index (χ4n) is 3.27. The van der Waals surface area contributed by atoms with Gasteiger partial charge in [0.05, 0.1) is 6.04 Å². The number of anilines is 1. The second kappa shape index (κ2) is 6.48. The average molecular weight is 301 g/mol. The molecule has 1 aromatic carbocycles. The van der Waals surface area contributed by atoms with Gasteiger partial charge in [0.1, 0.15) is 0 Å². The second-order valence-electron chi connectivity index (χ2n) is 6.12. The lowest BCUT2D eigenvalue weighted by Crippen LogP contribution is -2.51. The van der Waals surface area contributed by atoms with E-state index in [4.69, 9.17) is 0 Å². The van der Waals surface area contributed by atoms with Gasteiger partial charge in [-0.3, -0.25) is 14.5 Å². The quantitative estimate of drug-likeness (QED) is 0.674. The monoisotopic (exact) mass is 301 g/mol. The Bertz CT molecular complexity index is 565. The van der Waals surface area contributed by atoms with E-state index in [0.717, 1.165) is 50.1 Å². The lowest BCUT2D eigenvalue weighted by atomic mass is 9.96. The third-order valence-corrected chi connectivity index (χ3v) is 4.75. The molecule has 0 saturated carbocycles. The molecular weight excluding hydrogens is 278 g/mol. The third-order valence-electron chi connectivity index (χ3n) is 4.75. The van der Waals surface area contributed by atoms with E-state index < -0.39 is 0 Å². The van der Waals surface area contributed by atoms with Gasteiger partial charge >= 0.3 is 0 Å². The highest BCUT2D eigenvalue weighted by atomic mass is 16.1. The smallest absolute Gasteiger partial charge is 0.209 e. The van der Waals surface area contributed by atoms with Crippen LogP contribution >= 0.6 is 0 Å². The highest BCUT2D eigenvalue weighted by Crippen LogP contribution is 2.24. The minimum absolute atomic E-state index is 0.136. The highest BCUT2D eigenvalue weighted by molar-refractivity contribution is 6.00. The van der Waals surface area contributed by atoms with Crippen LogP contribution in [0.25, 0.3) is 0 Å². The number of piperazine rings is 1. The van der Waals surface area contributed by atoms with Gasteiger partial charge in [-0.25, -0.2) is 0 Å². The van der Waals surface area contributed by atoms with E-state index in [9.17, 15) is 9.59 Å². The Morgan fingerprint density at radius 3 is 2.77 bits per heavy atom. The number of carbonyl (C=O) groups excluding carboxylic acids is 2. The number of hydrogen-bond donors (Lipinski definition) is 1. The van der Waals surface area contributed by atoms with Crippen LogP contribution < -0.4 is 5.32 Å². The van der Waals surface area contributed by atoms with E-state index >= 15 is 0 Å². The summed E-state index contributed by atoms with van der Waals surface area (Å²) in [6, 6.07) is 5.86. The molecule has 2 aliphatic heterocycles. The number of fused-ring (bicyclic) bond motifs is 1. The Labute approximate surface area is 131 Å². The topological polar surface area (TPSA) is 52.7 Å². The number of aryl methyl sites for hydroxylation is 1. The minimum Gasteiger partial charge on any atom is -0.385 e. The molecule has 2 aliphatic rings. The Kier molecular flexibility index (Phi) is 4.43. The first-order chi connectivity index (χ1) is 10.7. The van der Waals surface area contributed by atoms with Crippen LogP contribution in [0.2, 0.25) is 0 Å². The molecule has 0 aliphatic carbocycles. The summed E-state index contributed by atoms with van der Waals surface area (Å²) in [6.07, 6.45) is 3.05. The number of benzene rings is 1. The van der Waals surface area contributed by atoms with Crippen LogP contribution in [0, 0.1) is 0 Å². The van der Waals surface area contributed by atoms with Gasteiger partial charge in [-0.15, -0.1) is 0 Å². The predicted molar refractivity (Wildman–Crippen MR) is 86.3 cm³/mol. The van der Waals surface area contributed by atoms with Crippen LogP contribution in [0.5, 0.6) is 0 Å². The van der Waals surface area contributed by atoms with Crippen molar-refractivity contribution in [2.75, 3.05) is 38.0 Å². The van der Waals surface area contributed by atoms with Crippen molar-refractivity contribution in [2.24, 2.45) is 0 Å². The Morgan fingerprint density at radius 2 is 2.05 bits per heavy atom. The van der Waals surface area contributed by atoms with Gasteiger partial charge < -0.3 is 10.2 Å². The molecule has 1 amide bonds.